The molecule has 0 amide bonds. The van der Waals surface area contributed by atoms with Gasteiger partial charge in [-0.2, -0.15) is 0 Å². The van der Waals surface area contributed by atoms with Crippen LogP contribution in [-0.2, 0) is 5.54 Å². The van der Waals surface area contributed by atoms with Gasteiger partial charge < -0.3 is 9.88 Å². The molecule has 1 aromatic rings. The van der Waals surface area contributed by atoms with Gasteiger partial charge in [0.25, 0.3) is 5.56 Å². The fourth-order valence-electron chi connectivity index (χ4n) is 1.72. The average molecular weight is 237 g/mol. The second-order valence-electron chi connectivity index (χ2n) is 5.28. The third-order valence-corrected chi connectivity index (χ3v) is 2.89. The van der Waals surface area contributed by atoms with Crippen molar-refractivity contribution in [3.8, 4) is 0 Å². The van der Waals surface area contributed by atoms with Crippen molar-refractivity contribution in [3.05, 3.63) is 22.7 Å². The van der Waals surface area contributed by atoms with E-state index in [1.807, 2.05) is 20.8 Å². The van der Waals surface area contributed by atoms with Crippen molar-refractivity contribution >= 4 is 5.82 Å². The van der Waals surface area contributed by atoms with Gasteiger partial charge in [-0.15, -0.1) is 0 Å². The van der Waals surface area contributed by atoms with E-state index in [2.05, 4.69) is 24.1 Å². The minimum atomic E-state index is -0.218. The van der Waals surface area contributed by atoms with Crippen LogP contribution < -0.4 is 10.9 Å². The van der Waals surface area contributed by atoms with Crippen LogP contribution >= 0.6 is 0 Å². The summed E-state index contributed by atoms with van der Waals surface area (Å²) in [5.74, 6) is 0.455. The number of hydrogen-bond donors (Lipinski definition) is 1. The molecule has 0 aromatic carbocycles. The molecule has 1 N–H and O–H groups in total. The van der Waals surface area contributed by atoms with Gasteiger partial charge in [0, 0.05) is 24.0 Å². The van der Waals surface area contributed by atoms with Gasteiger partial charge in [0.15, 0.2) is 5.82 Å². The van der Waals surface area contributed by atoms with Gasteiger partial charge in [-0.3, -0.25) is 4.79 Å². The molecule has 1 heterocycles. The predicted molar refractivity (Wildman–Crippen MR) is 71.5 cm³/mol. The van der Waals surface area contributed by atoms with Gasteiger partial charge in [-0.25, -0.2) is 4.98 Å². The fourth-order valence-corrected chi connectivity index (χ4v) is 1.72. The van der Waals surface area contributed by atoms with E-state index in [1.54, 1.807) is 17.0 Å². The van der Waals surface area contributed by atoms with Crippen molar-refractivity contribution in [3.63, 3.8) is 0 Å². The van der Waals surface area contributed by atoms with Crippen molar-refractivity contribution in [1.29, 1.82) is 0 Å². The fraction of sp³-hybridized carbons (Fsp3) is 0.692. The molecule has 17 heavy (non-hydrogen) atoms. The summed E-state index contributed by atoms with van der Waals surface area (Å²) in [5, 5.41) is 3.21. The first kappa shape index (κ1) is 13.7. The molecule has 0 radical (unpaired) electrons. The van der Waals surface area contributed by atoms with Crippen LogP contribution in [0.5, 0.6) is 0 Å². The first-order valence-corrected chi connectivity index (χ1v) is 6.24. The molecular formula is C13H23N3O. The van der Waals surface area contributed by atoms with Crippen LogP contribution in [0.15, 0.2) is 17.2 Å². The highest BCUT2D eigenvalue weighted by molar-refractivity contribution is 5.32. The lowest BCUT2D eigenvalue weighted by atomic mass is 10.1. The minimum Gasteiger partial charge on any atom is -0.363 e. The first-order valence-electron chi connectivity index (χ1n) is 6.24. The van der Waals surface area contributed by atoms with E-state index in [1.165, 1.54) is 0 Å². The van der Waals surface area contributed by atoms with Crippen molar-refractivity contribution in [2.24, 2.45) is 0 Å². The summed E-state index contributed by atoms with van der Waals surface area (Å²) < 4.78 is 1.71. The van der Waals surface area contributed by atoms with Crippen LogP contribution in [0, 0.1) is 0 Å². The molecule has 0 aliphatic rings. The Morgan fingerprint density at radius 1 is 1.35 bits per heavy atom. The Morgan fingerprint density at radius 2 is 1.94 bits per heavy atom. The molecule has 4 heteroatoms. The van der Waals surface area contributed by atoms with Gasteiger partial charge in [0.05, 0.1) is 0 Å². The molecular weight excluding hydrogens is 214 g/mol. The van der Waals surface area contributed by atoms with Gasteiger partial charge >= 0.3 is 0 Å². The van der Waals surface area contributed by atoms with Crippen LogP contribution in [0.25, 0.3) is 0 Å². The normalized spacial score (nSPS) is 11.9. The number of anilines is 1. The summed E-state index contributed by atoms with van der Waals surface area (Å²) >= 11 is 0. The van der Waals surface area contributed by atoms with Crippen molar-refractivity contribution in [2.45, 2.75) is 59.0 Å². The number of nitrogens with zero attached hydrogens (tertiary/aromatic N) is 2. The predicted octanol–water partition coefficient (Wildman–Crippen LogP) is 2.60. The zero-order chi connectivity index (χ0) is 13.1. The maximum Gasteiger partial charge on any atom is 0.293 e. The number of aromatic nitrogens is 2. The Morgan fingerprint density at radius 3 is 2.41 bits per heavy atom. The molecule has 0 fully saturated rings. The maximum absolute atomic E-state index is 12.2. The van der Waals surface area contributed by atoms with Crippen LogP contribution in [0.3, 0.4) is 0 Å². The highest BCUT2D eigenvalue weighted by Crippen LogP contribution is 2.11. The Bertz CT molecular complexity index is 413. The van der Waals surface area contributed by atoms with E-state index in [-0.39, 0.29) is 11.1 Å². The standard InChI is InChI=1S/C13H23N3O/c1-6-10(7-2)15-11-12(17)16(9-8-14-11)13(3,4)5/h8-10H,6-7H2,1-5H3,(H,14,15). The topological polar surface area (TPSA) is 46.9 Å². The molecule has 96 valence electrons. The molecule has 0 spiro atoms. The molecule has 4 nitrogen and oxygen atoms in total. The smallest absolute Gasteiger partial charge is 0.293 e. The van der Waals surface area contributed by atoms with E-state index < -0.39 is 0 Å². The van der Waals surface area contributed by atoms with Crippen molar-refractivity contribution in [1.82, 2.24) is 9.55 Å². The van der Waals surface area contributed by atoms with E-state index >= 15 is 0 Å². The van der Waals surface area contributed by atoms with Crippen LogP contribution in [0.1, 0.15) is 47.5 Å². The molecule has 0 bridgehead atoms. The lowest BCUT2D eigenvalue weighted by Gasteiger charge is -2.23. The summed E-state index contributed by atoms with van der Waals surface area (Å²) in [6.45, 7) is 10.2. The summed E-state index contributed by atoms with van der Waals surface area (Å²) in [4.78, 5) is 16.4. The summed E-state index contributed by atoms with van der Waals surface area (Å²) in [5.41, 5.74) is -0.267. The van der Waals surface area contributed by atoms with E-state index in [0.717, 1.165) is 12.8 Å². The summed E-state index contributed by atoms with van der Waals surface area (Å²) in [6, 6.07) is 0.311. The maximum atomic E-state index is 12.2. The Labute approximate surface area is 103 Å². The van der Waals surface area contributed by atoms with Crippen LogP contribution in [-0.4, -0.2) is 15.6 Å². The quantitative estimate of drug-likeness (QED) is 0.875. The van der Waals surface area contributed by atoms with Gasteiger partial charge in [0.1, 0.15) is 0 Å². The molecule has 0 atom stereocenters. The van der Waals surface area contributed by atoms with E-state index in [4.69, 9.17) is 0 Å². The highest BCUT2D eigenvalue weighted by Gasteiger charge is 2.17. The van der Waals surface area contributed by atoms with Gasteiger partial charge in [0.2, 0.25) is 0 Å². The number of nitrogens with one attached hydrogen (secondary N) is 1. The average Bonchev–Trinajstić information content (AvgIpc) is 2.26. The lowest BCUT2D eigenvalue weighted by molar-refractivity contribution is 0.383. The van der Waals surface area contributed by atoms with E-state index in [0.29, 0.717) is 11.9 Å². The highest BCUT2D eigenvalue weighted by atomic mass is 16.1. The molecule has 0 aliphatic heterocycles. The van der Waals surface area contributed by atoms with Crippen molar-refractivity contribution in [2.75, 3.05) is 5.32 Å². The second kappa shape index (κ2) is 5.34. The number of rotatable bonds is 4. The first-order chi connectivity index (χ1) is 7.90. The lowest BCUT2D eigenvalue weighted by Crippen LogP contribution is -2.36. The van der Waals surface area contributed by atoms with Crippen LogP contribution in [0.4, 0.5) is 5.82 Å². The largest absolute Gasteiger partial charge is 0.363 e. The van der Waals surface area contributed by atoms with Crippen LogP contribution in [0.2, 0.25) is 0 Å². The summed E-state index contributed by atoms with van der Waals surface area (Å²) in [7, 11) is 0. The molecule has 0 saturated heterocycles. The van der Waals surface area contributed by atoms with Gasteiger partial charge in [-0.05, 0) is 33.6 Å². The summed E-state index contributed by atoms with van der Waals surface area (Å²) in [6.07, 6.45) is 5.39. The molecule has 0 saturated carbocycles. The second-order valence-corrected chi connectivity index (χ2v) is 5.28. The molecule has 0 aliphatic carbocycles. The SMILES string of the molecule is CCC(CC)Nc1nccn(C(C)(C)C)c1=O. The third-order valence-electron chi connectivity index (χ3n) is 2.89. The van der Waals surface area contributed by atoms with Gasteiger partial charge in [-0.1, -0.05) is 13.8 Å². The third kappa shape index (κ3) is 3.32. The minimum absolute atomic E-state index is 0.0492. The Balaban J connectivity index is 3.07. The zero-order valence-corrected chi connectivity index (χ0v) is 11.4. The molecule has 1 aromatic heterocycles. The molecule has 0 unspecified atom stereocenters. The monoisotopic (exact) mass is 237 g/mol. The number of hydrogen-bond acceptors (Lipinski definition) is 3. The Hall–Kier alpha value is -1.32. The molecule has 1 rings (SSSR count). The Kier molecular flexibility index (Phi) is 4.32. The van der Waals surface area contributed by atoms with Crippen molar-refractivity contribution < 1.29 is 0 Å². The van der Waals surface area contributed by atoms with E-state index in [9.17, 15) is 4.79 Å². The zero-order valence-electron chi connectivity index (χ0n) is 11.4.